The summed E-state index contributed by atoms with van der Waals surface area (Å²) >= 11 is 0. The maximum Gasteiger partial charge on any atom is 0.295 e. The maximum absolute atomic E-state index is 13.2. The number of hydrogen-bond donors (Lipinski definition) is 1. The van der Waals surface area contributed by atoms with E-state index in [2.05, 4.69) is 16.3 Å². The molecule has 3 rings (SSSR count). The summed E-state index contributed by atoms with van der Waals surface area (Å²) in [5, 5.41) is 14.2. The first kappa shape index (κ1) is 16.4. The predicted octanol–water partition coefficient (Wildman–Crippen LogP) is 3.94. The Morgan fingerprint density at radius 2 is 1.83 bits per heavy atom. The minimum atomic E-state index is -0.610. The van der Waals surface area contributed by atoms with Gasteiger partial charge in [0.05, 0.1) is 11.0 Å². The van der Waals surface area contributed by atoms with E-state index in [0.717, 1.165) is 31.3 Å². The Balaban J connectivity index is 1.74. The second-order valence-electron chi connectivity index (χ2n) is 6.02. The molecular weight excluding hydrogens is 309 g/mol. The van der Waals surface area contributed by atoms with Crippen molar-refractivity contribution in [2.75, 3.05) is 18.4 Å². The molecule has 2 aromatic rings. The number of anilines is 1. The van der Waals surface area contributed by atoms with Gasteiger partial charge in [-0.05, 0) is 49.2 Å². The van der Waals surface area contributed by atoms with Crippen molar-refractivity contribution in [2.45, 2.75) is 25.9 Å². The van der Waals surface area contributed by atoms with E-state index in [0.29, 0.717) is 12.2 Å². The fourth-order valence-corrected chi connectivity index (χ4v) is 3.06. The van der Waals surface area contributed by atoms with Crippen molar-refractivity contribution in [1.29, 1.82) is 0 Å². The summed E-state index contributed by atoms with van der Waals surface area (Å²) in [4.78, 5) is 12.9. The van der Waals surface area contributed by atoms with Crippen LogP contribution < -0.4 is 5.32 Å². The average Bonchev–Trinajstić information content (AvgIpc) is 3.08. The SMILES string of the molecule is O=[N+]([O-])c1cc(F)ccc1NCc1ccccc1CN1CCCC1. The molecule has 0 amide bonds. The highest BCUT2D eigenvalue weighted by molar-refractivity contribution is 5.61. The zero-order valence-electron chi connectivity index (χ0n) is 13.4. The van der Waals surface area contributed by atoms with E-state index in [1.54, 1.807) is 0 Å². The molecule has 0 aromatic heterocycles. The van der Waals surface area contributed by atoms with Crippen LogP contribution in [-0.4, -0.2) is 22.9 Å². The lowest BCUT2D eigenvalue weighted by atomic mass is 10.1. The highest BCUT2D eigenvalue weighted by Crippen LogP contribution is 2.26. The van der Waals surface area contributed by atoms with Crippen LogP contribution in [0, 0.1) is 15.9 Å². The summed E-state index contributed by atoms with van der Waals surface area (Å²) < 4.78 is 13.2. The molecule has 1 aliphatic heterocycles. The third-order valence-electron chi connectivity index (χ3n) is 4.34. The summed E-state index contributed by atoms with van der Waals surface area (Å²) in [6.45, 7) is 3.59. The van der Waals surface area contributed by atoms with E-state index in [9.17, 15) is 14.5 Å². The molecule has 1 saturated heterocycles. The second kappa shape index (κ2) is 7.40. The molecule has 0 atom stereocenters. The van der Waals surface area contributed by atoms with Crippen molar-refractivity contribution in [3.05, 3.63) is 69.5 Å². The quantitative estimate of drug-likeness (QED) is 0.644. The molecule has 0 unspecified atom stereocenters. The lowest BCUT2D eigenvalue weighted by molar-refractivity contribution is -0.384. The summed E-state index contributed by atoms with van der Waals surface area (Å²) in [6, 6.07) is 11.7. The van der Waals surface area contributed by atoms with Crippen LogP contribution in [0.3, 0.4) is 0 Å². The van der Waals surface area contributed by atoms with Gasteiger partial charge in [0.2, 0.25) is 0 Å². The number of nitro benzene ring substituents is 1. The van der Waals surface area contributed by atoms with Gasteiger partial charge in [0.15, 0.2) is 0 Å². The monoisotopic (exact) mass is 329 g/mol. The topological polar surface area (TPSA) is 58.4 Å². The minimum absolute atomic E-state index is 0.243. The fraction of sp³-hybridized carbons (Fsp3) is 0.333. The Morgan fingerprint density at radius 1 is 1.12 bits per heavy atom. The van der Waals surface area contributed by atoms with Gasteiger partial charge >= 0.3 is 0 Å². The van der Waals surface area contributed by atoms with Gasteiger partial charge in [0.25, 0.3) is 5.69 Å². The Hall–Kier alpha value is -2.47. The number of benzene rings is 2. The van der Waals surface area contributed by atoms with Gasteiger partial charge < -0.3 is 5.32 Å². The molecule has 0 bridgehead atoms. The number of rotatable bonds is 6. The van der Waals surface area contributed by atoms with Crippen LogP contribution in [0.5, 0.6) is 0 Å². The van der Waals surface area contributed by atoms with E-state index in [1.165, 1.54) is 30.5 Å². The molecule has 1 aliphatic rings. The highest BCUT2D eigenvalue weighted by Gasteiger charge is 2.16. The number of likely N-dealkylation sites (tertiary alicyclic amines) is 1. The first-order valence-electron chi connectivity index (χ1n) is 8.10. The van der Waals surface area contributed by atoms with Crippen molar-refractivity contribution in [1.82, 2.24) is 4.90 Å². The van der Waals surface area contributed by atoms with Gasteiger partial charge in [-0.15, -0.1) is 0 Å². The number of nitro groups is 1. The normalized spacial score (nSPS) is 14.7. The molecule has 0 radical (unpaired) electrons. The van der Waals surface area contributed by atoms with Crippen LogP contribution in [0.4, 0.5) is 15.8 Å². The Labute approximate surface area is 140 Å². The third-order valence-corrected chi connectivity index (χ3v) is 4.34. The summed E-state index contributed by atoms with van der Waals surface area (Å²) in [5.74, 6) is -0.610. The summed E-state index contributed by atoms with van der Waals surface area (Å²) in [7, 11) is 0. The number of hydrogen-bond acceptors (Lipinski definition) is 4. The van der Waals surface area contributed by atoms with Crippen LogP contribution in [0.2, 0.25) is 0 Å². The number of nitrogens with zero attached hydrogens (tertiary/aromatic N) is 2. The predicted molar refractivity (Wildman–Crippen MR) is 91.3 cm³/mol. The molecule has 2 aromatic carbocycles. The first-order valence-corrected chi connectivity index (χ1v) is 8.10. The highest BCUT2D eigenvalue weighted by atomic mass is 19.1. The Kier molecular flexibility index (Phi) is 5.05. The molecule has 24 heavy (non-hydrogen) atoms. The molecule has 1 N–H and O–H groups in total. The molecular formula is C18H20FN3O2. The molecule has 6 heteroatoms. The van der Waals surface area contributed by atoms with Crippen molar-refractivity contribution in [2.24, 2.45) is 0 Å². The molecule has 1 heterocycles. The van der Waals surface area contributed by atoms with E-state index >= 15 is 0 Å². The fourth-order valence-electron chi connectivity index (χ4n) is 3.06. The van der Waals surface area contributed by atoms with E-state index in [-0.39, 0.29) is 5.69 Å². The second-order valence-corrected chi connectivity index (χ2v) is 6.02. The lowest BCUT2D eigenvalue weighted by Gasteiger charge is -2.18. The zero-order valence-corrected chi connectivity index (χ0v) is 13.4. The molecule has 0 saturated carbocycles. The molecule has 0 aliphatic carbocycles. The Bertz CT molecular complexity index is 730. The number of halogens is 1. The standard InChI is InChI=1S/C18H20FN3O2/c19-16-7-8-17(18(11-16)22(23)24)20-12-14-5-1-2-6-15(14)13-21-9-3-4-10-21/h1-2,5-8,11,20H,3-4,9-10,12-13H2. The zero-order chi connectivity index (χ0) is 16.9. The van der Waals surface area contributed by atoms with Crippen LogP contribution in [0.25, 0.3) is 0 Å². The molecule has 0 spiro atoms. The van der Waals surface area contributed by atoms with Gasteiger partial charge in [-0.25, -0.2) is 4.39 Å². The van der Waals surface area contributed by atoms with Crippen molar-refractivity contribution in [3.8, 4) is 0 Å². The van der Waals surface area contributed by atoms with Crippen molar-refractivity contribution in [3.63, 3.8) is 0 Å². The van der Waals surface area contributed by atoms with E-state index in [4.69, 9.17) is 0 Å². The van der Waals surface area contributed by atoms with Gasteiger partial charge in [0.1, 0.15) is 11.5 Å². The summed E-state index contributed by atoms with van der Waals surface area (Å²) in [5.41, 5.74) is 2.41. The largest absolute Gasteiger partial charge is 0.375 e. The first-order chi connectivity index (χ1) is 11.6. The van der Waals surface area contributed by atoms with Crippen molar-refractivity contribution < 1.29 is 9.31 Å². The van der Waals surface area contributed by atoms with Crippen LogP contribution >= 0.6 is 0 Å². The Morgan fingerprint density at radius 3 is 2.54 bits per heavy atom. The van der Waals surface area contributed by atoms with Crippen molar-refractivity contribution >= 4 is 11.4 Å². The molecule has 126 valence electrons. The molecule has 1 fully saturated rings. The average molecular weight is 329 g/mol. The van der Waals surface area contributed by atoms with Crippen LogP contribution in [0.15, 0.2) is 42.5 Å². The van der Waals surface area contributed by atoms with Crippen LogP contribution in [-0.2, 0) is 13.1 Å². The minimum Gasteiger partial charge on any atom is -0.375 e. The maximum atomic E-state index is 13.2. The smallest absolute Gasteiger partial charge is 0.295 e. The molecule has 5 nitrogen and oxygen atoms in total. The van der Waals surface area contributed by atoms with Crippen LogP contribution in [0.1, 0.15) is 24.0 Å². The number of nitrogens with one attached hydrogen (secondary N) is 1. The van der Waals surface area contributed by atoms with Gasteiger partial charge in [-0.2, -0.15) is 0 Å². The van der Waals surface area contributed by atoms with Gasteiger partial charge in [-0.3, -0.25) is 15.0 Å². The third kappa shape index (κ3) is 3.89. The lowest BCUT2D eigenvalue weighted by Crippen LogP contribution is -2.19. The van der Waals surface area contributed by atoms with Gasteiger partial charge in [0, 0.05) is 13.1 Å². The van der Waals surface area contributed by atoms with Gasteiger partial charge in [-0.1, -0.05) is 24.3 Å². The van der Waals surface area contributed by atoms with E-state index in [1.807, 2.05) is 18.2 Å². The summed E-state index contributed by atoms with van der Waals surface area (Å²) in [6.07, 6.45) is 2.48. The van der Waals surface area contributed by atoms with E-state index < -0.39 is 10.7 Å².